The lowest BCUT2D eigenvalue weighted by molar-refractivity contribution is -0.160. The van der Waals surface area contributed by atoms with Crippen molar-refractivity contribution in [3.63, 3.8) is 0 Å². The smallest absolute Gasteiger partial charge is 0.461 e. The standard InChI is InChI=1S/C42H63O10P/c1-3-5-7-9-11-13-15-17-19-21-23-25-27-29-31-33-41(45)49-37-40(38-51-53(47,48)50-36-39(44)35-43)52-42(46)34-32-30-28-26-24-22-20-18-16-14-12-10-8-6-4-2/h5-8,11-14,17-20,23-26,29-32,39-40,43-44H,3-4,9-10,15-16,21-22,27-28,33-38H2,1-2H3,(H,47,48)/b7-5-,8-6-,13-11-,14-12-,19-17-,20-18-,25-23-,26-24-,31-29-,32-30-. The van der Waals surface area contributed by atoms with Crippen molar-refractivity contribution in [1.82, 2.24) is 0 Å². The third kappa shape index (κ3) is 36.5. The van der Waals surface area contributed by atoms with Crippen LogP contribution in [0.1, 0.15) is 90.9 Å². The second-order valence-corrected chi connectivity index (χ2v) is 13.0. The Hall–Kier alpha value is -3.63. The molecule has 3 atom stereocenters. The minimum atomic E-state index is -4.67. The fourth-order valence-corrected chi connectivity index (χ4v) is 4.69. The predicted octanol–water partition coefficient (Wildman–Crippen LogP) is 9.21. The first-order valence-corrected chi connectivity index (χ1v) is 20.0. The predicted molar refractivity (Wildman–Crippen MR) is 214 cm³/mol. The Bertz CT molecular complexity index is 1290. The second-order valence-electron chi connectivity index (χ2n) is 11.5. The molecule has 296 valence electrons. The van der Waals surface area contributed by atoms with Crippen molar-refractivity contribution < 1.29 is 47.8 Å². The maximum atomic E-state index is 12.5. The molecule has 3 unspecified atom stereocenters. The molecule has 10 nitrogen and oxygen atoms in total. The van der Waals surface area contributed by atoms with Crippen LogP contribution in [-0.4, -0.2) is 65.7 Å². The summed E-state index contributed by atoms with van der Waals surface area (Å²) in [6.45, 7) is 1.87. The van der Waals surface area contributed by atoms with Crippen LogP contribution in [-0.2, 0) is 32.7 Å². The maximum absolute atomic E-state index is 12.5. The summed E-state index contributed by atoms with van der Waals surface area (Å²) < 4.78 is 32.3. The van der Waals surface area contributed by atoms with Crippen LogP contribution >= 0.6 is 7.82 Å². The Kier molecular flexibility index (Phi) is 34.2. The lowest BCUT2D eigenvalue weighted by Gasteiger charge is -2.20. The molecule has 0 spiro atoms. The van der Waals surface area contributed by atoms with E-state index in [1.165, 1.54) is 0 Å². The zero-order chi connectivity index (χ0) is 39.1. The molecule has 53 heavy (non-hydrogen) atoms. The molecule has 0 fully saturated rings. The monoisotopic (exact) mass is 758 g/mol. The molecule has 0 aliphatic heterocycles. The van der Waals surface area contributed by atoms with Crippen LogP contribution in [0.3, 0.4) is 0 Å². The number of rotatable bonds is 32. The molecule has 0 saturated heterocycles. The number of hydrogen-bond donors (Lipinski definition) is 3. The van der Waals surface area contributed by atoms with E-state index in [-0.39, 0.29) is 12.8 Å². The molecule has 0 radical (unpaired) electrons. The second kappa shape index (κ2) is 36.7. The zero-order valence-corrected chi connectivity index (χ0v) is 32.6. The van der Waals surface area contributed by atoms with Gasteiger partial charge in [0.25, 0.3) is 0 Å². The van der Waals surface area contributed by atoms with Gasteiger partial charge in [0, 0.05) is 0 Å². The summed E-state index contributed by atoms with van der Waals surface area (Å²) in [4.78, 5) is 34.7. The molecule has 0 aromatic rings. The van der Waals surface area contributed by atoms with Gasteiger partial charge in [-0.25, -0.2) is 4.57 Å². The van der Waals surface area contributed by atoms with Gasteiger partial charge in [-0.1, -0.05) is 135 Å². The number of esters is 2. The SMILES string of the molecule is CC/C=C\C/C=C\C/C=C\C/C=C\C/C=C\CC(=O)OCC(COP(=O)(O)OCC(O)CO)OC(=O)C/C=C\C/C=C\C/C=C\C/C=C\C/C=C\CC. The van der Waals surface area contributed by atoms with Crippen LogP contribution in [0.5, 0.6) is 0 Å². The number of hydrogen-bond acceptors (Lipinski definition) is 9. The molecule has 0 aromatic carbocycles. The molecule has 0 amide bonds. The Labute approximate surface area is 318 Å². The molecule has 0 heterocycles. The van der Waals surface area contributed by atoms with Crippen LogP contribution in [0.4, 0.5) is 0 Å². The van der Waals surface area contributed by atoms with Crippen LogP contribution in [0.15, 0.2) is 122 Å². The highest BCUT2D eigenvalue weighted by Gasteiger charge is 2.26. The van der Waals surface area contributed by atoms with Crippen molar-refractivity contribution in [2.75, 3.05) is 26.4 Å². The first kappa shape index (κ1) is 49.4. The van der Waals surface area contributed by atoms with E-state index in [0.29, 0.717) is 12.8 Å². The third-order valence-corrected chi connectivity index (χ3v) is 7.63. The average molecular weight is 759 g/mol. The van der Waals surface area contributed by atoms with Crippen LogP contribution in [0, 0.1) is 0 Å². The Morgan fingerprint density at radius 1 is 0.528 bits per heavy atom. The third-order valence-electron chi connectivity index (χ3n) is 6.68. The quantitative estimate of drug-likeness (QED) is 0.0344. The molecule has 0 bridgehead atoms. The fraction of sp³-hybridized carbons (Fsp3) is 0.476. The van der Waals surface area contributed by atoms with Gasteiger partial charge in [-0.05, 0) is 64.2 Å². The van der Waals surface area contributed by atoms with E-state index in [1.807, 2.05) is 36.5 Å². The molecule has 0 aliphatic rings. The highest BCUT2D eigenvalue weighted by molar-refractivity contribution is 7.47. The average Bonchev–Trinajstić information content (AvgIpc) is 3.14. The van der Waals surface area contributed by atoms with E-state index >= 15 is 0 Å². The minimum Gasteiger partial charge on any atom is -0.461 e. The van der Waals surface area contributed by atoms with Gasteiger partial charge in [0.1, 0.15) is 12.7 Å². The van der Waals surface area contributed by atoms with Gasteiger partial charge in [0.2, 0.25) is 0 Å². The van der Waals surface area contributed by atoms with E-state index in [2.05, 4.69) is 91.3 Å². The van der Waals surface area contributed by atoms with Crippen molar-refractivity contribution in [2.24, 2.45) is 0 Å². The fourth-order valence-electron chi connectivity index (χ4n) is 3.90. The van der Waals surface area contributed by atoms with Gasteiger partial charge >= 0.3 is 19.8 Å². The normalized spacial score (nSPS) is 15.3. The van der Waals surface area contributed by atoms with E-state index < -0.39 is 58.4 Å². The Morgan fingerprint density at radius 2 is 0.868 bits per heavy atom. The highest BCUT2D eigenvalue weighted by atomic mass is 31.2. The van der Waals surface area contributed by atoms with Gasteiger partial charge in [-0.3, -0.25) is 18.6 Å². The summed E-state index contributed by atoms with van der Waals surface area (Å²) >= 11 is 0. The van der Waals surface area contributed by atoms with Crippen LogP contribution in [0.25, 0.3) is 0 Å². The van der Waals surface area contributed by atoms with Gasteiger partial charge in [0.05, 0.1) is 32.7 Å². The molecule has 0 aromatic heterocycles. The molecule has 11 heteroatoms. The number of phosphoric ester groups is 1. The van der Waals surface area contributed by atoms with Gasteiger partial charge < -0.3 is 24.6 Å². The first-order valence-electron chi connectivity index (χ1n) is 18.5. The van der Waals surface area contributed by atoms with Crippen molar-refractivity contribution in [1.29, 1.82) is 0 Å². The summed E-state index contributed by atoms with van der Waals surface area (Å²) in [6.07, 6.45) is 46.6. The maximum Gasteiger partial charge on any atom is 0.472 e. The van der Waals surface area contributed by atoms with Gasteiger partial charge in [0.15, 0.2) is 6.10 Å². The van der Waals surface area contributed by atoms with Crippen molar-refractivity contribution >= 4 is 19.8 Å². The number of allylic oxidation sites excluding steroid dienone is 18. The van der Waals surface area contributed by atoms with Crippen LogP contribution < -0.4 is 0 Å². The number of carbonyl (C=O) groups is 2. The summed E-state index contributed by atoms with van der Waals surface area (Å²) in [5.41, 5.74) is 0. The minimum absolute atomic E-state index is 0.0181. The number of phosphoric acid groups is 1. The largest absolute Gasteiger partial charge is 0.472 e. The van der Waals surface area contributed by atoms with E-state index in [1.54, 1.807) is 12.2 Å². The zero-order valence-electron chi connectivity index (χ0n) is 31.7. The number of ether oxygens (including phenoxy) is 2. The number of carbonyl (C=O) groups excluding carboxylic acids is 2. The highest BCUT2D eigenvalue weighted by Crippen LogP contribution is 2.43. The van der Waals surface area contributed by atoms with Gasteiger partial charge in [-0.2, -0.15) is 0 Å². The molecular formula is C42H63O10P. The summed E-state index contributed by atoms with van der Waals surface area (Å²) in [7, 11) is -4.67. The summed E-state index contributed by atoms with van der Waals surface area (Å²) in [5, 5.41) is 18.3. The van der Waals surface area contributed by atoms with E-state index in [4.69, 9.17) is 19.1 Å². The number of aliphatic hydroxyl groups is 2. The lowest BCUT2D eigenvalue weighted by Crippen LogP contribution is -2.29. The Morgan fingerprint density at radius 3 is 1.25 bits per heavy atom. The van der Waals surface area contributed by atoms with E-state index in [9.17, 15) is 24.2 Å². The summed E-state index contributed by atoms with van der Waals surface area (Å²) in [6, 6.07) is 0. The molecular weight excluding hydrogens is 695 g/mol. The topological polar surface area (TPSA) is 149 Å². The number of aliphatic hydroxyl groups excluding tert-OH is 2. The van der Waals surface area contributed by atoms with Crippen molar-refractivity contribution in [3.8, 4) is 0 Å². The first-order chi connectivity index (χ1) is 25.7. The molecule has 0 aliphatic carbocycles. The molecule has 3 N–H and O–H groups in total. The molecule has 0 rings (SSSR count). The lowest BCUT2D eigenvalue weighted by atomic mass is 10.2. The molecule has 0 saturated carbocycles. The van der Waals surface area contributed by atoms with E-state index in [0.717, 1.165) is 51.4 Å². The van der Waals surface area contributed by atoms with Crippen LogP contribution in [0.2, 0.25) is 0 Å². The van der Waals surface area contributed by atoms with Crippen molar-refractivity contribution in [2.45, 2.75) is 103 Å². The Balaban J connectivity index is 4.70. The van der Waals surface area contributed by atoms with Gasteiger partial charge in [-0.15, -0.1) is 0 Å². The van der Waals surface area contributed by atoms with Crippen molar-refractivity contribution in [3.05, 3.63) is 122 Å². The summed E-state index contributed by atoms with van der Waals surface area (Å²) in [5.74, 6) is -1.24.